The van der Waals surface area contributed by atoms with Gasteiger partial charge in [-0.05, 0) is 41.5 Å². The van der Waals surface area contributed by atoms with E-state index < -0.39 is 0 Å². The molecule has 2 aromatic carbocycles. The molecule has 0 fully saturated rings. The molecule has 0 spiro atoms. The number of benzene rings is 2. The Morgan fingerprint density at radius 3 is 2.60 bits per heavy atom. The lowest BCUT2D eigenvalue weighted by Crippen LogP contribution is -2.31. The molecule has 0 saturated carbocycles. The first-order valence-electron chi connectivity index (χ1n) is 8.23. The third kappa shape index (κ3) is 4.26. The molecule has 0 aliphatic carbocycles. The molecule has 0 unspecified atom stereocenters. The molecule has 3 rings (SSSR count). The van der Waals surface area contributed by atoms with Gasteiger partial charge in [-0.25, -0.2) is 0 Å². The Hall–Kier alpha value is -3.08. The predicted molar refractivity (Wildman–Crippen MR) is 96.2 cm³/mol. The van der Waals surface area contributed by atoms with Gasteiger partial charge in [-0.2, -0.15) is 0 Å². The van der Waals surface area contributed by atoms with E-state index >= 15 is 0 Å². The summed E-state index contributed by atoms with van der Waals surface area (Å²) < 4.78 is 5.00. The molecule has 5 nitrogen and oxygen atoms in total. The van der Waals surface area contributed by atoms with Crippen LogP contribution >= 0.6 is 0 Å². The maximum atomic E-state index is 12.1. The second-order valence-corrected chi connectivity index (χ2v) is 5.88. The lowest BCUT2D eigenvalue weighted by atomic mass is 10.0. The zero-order valence-corrected chi connectivity index (χ0v) is 14.0. The van der Waals surface area contributed by atoms with Crippen LogP contribution in [0.2, 0.25) is 0 Å². The van der Waals surface area contributed by atoms with E-state index in [2.05, 4.69) is 34.9 Å². The molecule has 2 N–H and O–H groups in total. The molecule has 3 aromatic rings. The Morgan fingerprint density at radius 2 is 1.84 bits per heavy atom. The van der Waals surface area contributed by atoms with Crippen molar-refractivity contribution >= 4 is 22.6 Å². The average Bonchev–Trinajstić information content (AvgIpc) is 3.16. The molecule has 5 heteroatoms. The Balaban J connectivity index is 1.50. The highest BCUT2D eigenvalue weighted by atomic mass is 16.3. The first-order chi connectivity index (χ1) is 12.1. The largest absolute Gasteiger partial charge is 0.459 e. The minimum atomic E-state index is -0.319. The van der Waals surface area contributed by atoms with Crippen LogP contribution in [-0.2, 0) is 4.79 Å². The number of fused-ring (bicyclic) bond motifs is 1. The normalized spacial score (nSPS) is 11.9. The van der Waals surface area contributed by atoms with Crippen molar-refractivity contribution in [1.82, 2.24) is 10.6 Å². The average molecular weight is 336 g/mol. The second kappa shape index (κ2) is 7.66. The standard InChI is InChI=1S/C20H20N2O3/c1-14(16-9-8-15-5-2-3-6-17(15)13-16)22-19(23)10-11-21-20(24)18-7-4-12-25-18/h2-9,12-14H,10-11H2,1H3,(H,21,24)(H,22,23)/t14-/m0/s1. The summed E-state index contributed by atoms with van der Waals surface area (Å²) in [7, 11) is 0. The van der Waals surface area contributed by atoms with Crippen LogP contribution in [0.3, 0.4) is 0 Å². The summed E-state index contributed by atoms with van der Waals surface area (Å²) in [6.07, 6.45) is 1.65. The Kier molecular flexibility index (Phi) is 5.14. The van der Waals surface area contributed by atoms with Gasteiger partial charge in [-0.15, -0.1) is 0 Å². The number of hydrogen-bond acceptors (Lipinski definition) is 3. The quantitative estimate of drug-likeness (QED) is 0.724. The molecule has 0 aliphatic heterocycles. The van der Waals surface area contributed by atoms with Crippen LogP contribution in [-0.4, -0.2) is 18.4 Å². The first kappa shape index (κ1) is 16.8. The Bertz CT molecular complexity index is 872. The fraction of sp³-hybridized carbons (Fsp3) is 0.200. The van der Waals surface area contributed by atoms with Crippen LogP contribution in [0.5, 0.6) is 0 Å². The van der Waals surface area contributed by atoms with Crippen LogP contribution in [0.25, 0.3) is 10.8 Å². The van der Waals surface area contributed by atoms with E-state index in [1.54, 1.807) is 12.1 Å². The van der Waals surface area contributed by atoms with Gasteiger partial charge in [0, 0.05) is 13.0 Å². The molecular formula is C20H20N2O3. The summed E-state index contributed by atoms with van der Waals surface area (Å²) in [5.74, 6) is -0.189. The highest BCUT2D eigenvalue weighted by molar-refractivity contribution is 5.91. The molecule has 0 radical (unpaired) electrons. The summed E-state index contributed by atoms with van der Waals surface area (Å²) in [6.45, 7) is 2.21. The molecule has 128 valence electrons. The van der Waals surface area contributed by atoms with Crippen LogP contribution in [0, 0.1) is 0 Å². The van der Waals surface area contributed by atoms with Crippen molar-refractivity contribution in [3.05, 3.63) is 72.2 Å². The zero-order valence-electron chi connectivity index (χ0n) is 14.0. The Labute approximate surface area is 146 Å². The van der Waals surface area contributed by atoms with Crippen LogP contribution in [0.15, 0.2) is 65.3 Å². The molecule has 1 aromatic heterocycles. The van der Waals surface area contributed by atoms with Crippen LogP contribution < -0.4 is 10.6 Å². The third-order valence-electron chi connectivity index (χ3n) is 4.03. The van der Waals surface area contributed by atoms with E-state index in [4.69, 9.17) is 4.42 Å². The van der Waals surface area contributed by atoms with E-state index in [0.717, 1.165) is 10.9 Å². The summed E-state index contributed by atoms with van der Waals surface area (Å²) in [6, 6.07) is 17.4. The Morgan fingerprint density at radius 1 is 1.04 bits per heavy atom. The monoisotopic (exact) mass is 336 g/mol. The number of carbonyl (C=O) groups excluding carboxylic acids is 2. The van der Waals surface area contributed by atoms with Gasteiger partial charge >= 0.3 is 0 Å². The smallest absolute Gasteiger partial charge is 0.286 e. The molecule has 1 heterocycles. The summed E-state index contributed by atoms with van der Waals surface area (Å²) in [4.78, 5) is 23.8. The van der Waals surface area contributed by atoms with E-state index in [1.807, 2.05) is 25.1 Å². The molecule has 1 atom stereocenters. The van der Waals surface area contributed by atoms with Gasteiger partial charge in [-0.1, -0.05) is 36.4 Å². The number of furan rings is 1. The zero-order chi connectivity index (χ0) is 17.6. The second-order valence-electron chi connectivity index (χ2n) is 5.88. The van der Waals surface area contributed by atoms with E-state index in [9.17, 15) is 9.59 Å². The van der Waals surface area contributed by atoms with E-state index in [0.29, 0.717) is 0 Å². The van der Waals surface area contributed by atoms with E-state index in [1.165, 1.54) is 11.6 Å². The van der Waals surface area contributed by atoms with Crippen molar-refractivity contribution in [1.29, 1.82) is 0 Å². The number of amides is 2. The number of nitrogens with one attached hydrogen (secondary N) is 2. The highest BCUT2D eigenvalue weighted by Gasteiger charge is 2.12. The fourth-order valence-electron chi connectivity index (χ4n) is 2.66. The molecular weight excluding hydrogens is 316 g/mol. The van der Waals surface area contributed by atoms with Crippen molar-refractivity contribution < 1.29 is 14.0 Å². The number of hydrogen-bond donors (Lipinski definition) is 2. The van der Waals surface area contributed by atoms with E-state index in [-0.39, 0.29) is 36.6 Å². The van der Waals surface area contributed by atoms with Gasteiger partial charge in [0.1, 0.15) is 0 Å². The van der Waals surface area contributed by atoms with Crippen molar-refractivity contribution in [3.8, 4) is 0 Å². The van der Waals surface area contributed by atoms with Crippen molar-refractivity contribution in [3.63, 3.8) is 0 Å². The molecule has 0 aliphatic rings. The minimum Gasteiger partial charge on any atom is -0.459 e. The summed E-state index contributed by atoms with van der Waals surface area (Å²) in [5.41, 5.74) is 1.05. The van der Waals surface area contributed by atoms with Crippen molar-refractivity contribution in [2.75, 3.05) is 6.54 Å². The summed E-state index contributed by atoms with van der Waals surface area (Å²) in [5, 5.41) is 7.93. The van der Waals surface area contributed by atoms with Gasteiger partial charge in [0.05, 0.1) is 12.3 Å². The molecule has 0 saturated heterocycles. The number of carbonyl (C=O) groups is 2. The molecule has 2 amide bonds. The van der Waals surface area contributed by atoms with Gasteiger partial charge in [0.15, 0.2) is 5.76 Å². The highest BCUT2D eigenvalue weighted by Crippen LogP contribution is 2.20. The molecule has 0 bridgehead atoms. The molecule has 25 heavy (non-hydrogen) atoms. The lowest BCUT2D eigenvalue weighted by Gasteiger charge is -2.15. The minimum absolute atomic E-state index is 0.0992. The maximum absolute atomic E-state index is 12.1. The van der Waals surface area contributed by atoms with Crippen molar-refractivity contribution in [2.24, 2.45) is 0 Å². The predicted octanol–water partition coefficient (Wildman–Crippen LogP) is 3.43. The third-order valence-corrected chi connectivity index (χ3v) is 4.03. The van der Waals surface area contributed by atoms with Gasteiger partial charge in [0.25, 0.3) is 5.91 Å². The SMILES string of the molecule is C[C@H](NC(=O)CCNC(=O)c1ccco1)c1ccc2ccccc2c1. The van der Waals surface area contributed by atoms with Crippen molar-refractivity contribution in [2.45, 2.75) is 19.4 Å². The lowest BCUT2D eigenvalue weighted by molar-refractivity contribution is -0.121. The van der Waals surface area contributed by atoms with Crippen LogP contribution in [0.4, 0.5) is 0 Å². The summed E-state index contributed by atoms with van der Waals surface area (Å²) >= 11 is 0. The topological polar surface area (TPSA) is 71.3 Å². The van der Waals surface area contributed by atoms with Gasteiger partial charge < -0.3 is 15.1 Å². The van der Waals surface area contributed by atoms with Gasteiger partial charge in [-0.3, -0.25) is 9.59 Å². The fourth-order valence-corrected chi connectivity index (χ4v) is 2.66. The number of rotatable bonds is 6. The van der Waals surface area contributed by atoms with Gasteiger partial charge in [0.2, 0.25) is 5.91 Å². The van der Waals surface area contributed by atoms with Crippen LogP contribution in [0.1, 0.15) is 35.5 Å². The maximum Gasteiger partial charge on any atom is 0.286 e. The first-order valence-corrected chi connectivity index (χ1v) is 8.23.